The second-order valence-electron chi connectivity index (χ2n) is 5.13. The zero-order valence-corrected chi connectivity index (χ0v) is 10.9. The van der Waals surface area contributed by atoms with Crippen molar-refractivity contribution in [3.05, 3.63) is 23.7 Å². The number of carbonyl (C=O) groups is 1. The fourth-order valence-corrected chi connectivity index (χ4v) is 2.65. The Kier molecular flexibility index (Phi) is 4.42. The predicted molar refractivity (Wildman–Crippen MR) is 68.6 cm³/mol. The highest BCUT2D eigenvalue weighted by Crippen LogP contribution is 2.22. The molecule has 1 aliphatic carbocycles. The van der Waals surface area contributed by atoms with Crippen molar-refractivity contribution in [1.29, 1.82) is 0 Å². The average Bonchev–Trinajstić information content (AvgIpc) is 2.64. The van der Waals surface area contributed by atoms with Gasteiger partial charge in [0.05, 0.1) is 6.54 Å². The van der Waals surface area contributed by atoms with Crippen molar-refractivity contribution >= 4 is 5.97 Å². The van der Waals surface area contributed by atoms with E-state index < -0.39 is 5.97 Å². The van der Waals surface area contributed by atoms with Gasteiger partial charge in [-0.3, -0.25) is 4.90 Å². The van der Waals surface area contributed by atoms with Crippen molar-refractivity contribution in [2.45, 2.75) is 51.1 Å². The Hall–Kier alpha value is -1.29. The summed E-state index contributed by atoms with van der Waals surface area (Å²) >= 11 is 0. The van der Waals surface area contributed by atoms with E-state index >= 15 is 0 Å². The maximum absolute atomic E-state index is 10.7. The first-order valence-electron chi connectivity index (χ1n) is 6.69. The van der Waals surface area contributed by atoms with E-state index in [0.29, 0.717) is 12.6 Å². The predicted octanol–water partition coefficient (Wildman–Crippen LogP) is 3.13. The van der Waals surface area contributed by atoms with Gasteiger partial charge in [-0.2, -0.15) is 0 Å². The Morgan fingerprint density at radius 1 is 1.33 bits per heavy atom. The number of carboxylic acids is 1. The molecule has 1 aliphatic rings. The van der Waals surface area contributed by atoms with Crippen molar-refractivity contribution in [2.75, 3.05) is 7.05 Å². The van der Waals surface area contributed by atoms with E-state index in [0.717, 1.165) is 5.76 Å². The highest BCUT2D eigenvalue weighted by molar-refractivity contribution is 5.84. The first-order chi connectivity index (χ1) is 8.66. The van der Waals surface area contributed by atoms with Crippen LogP contribution in [-0.2, 0) is 6.54 Å². The van der Waals surface area contributed by atoms with Crippen LogP contribution in [0.4, 0.5) is 0 Å². The fourth-order valence-electron chi connectivity index (χ4n) is 2.65. The van der Waals surface area contributed by atoms with Gasteiger partial charge in [0.1, 0.15) is 5.76 Å². The van der Waals surface area contributed by atoms with Crippen LogP contribution < -0.4 is 0 Å². The minimum Gasteiger partial charge on any atom is -0.475 e. The molecule has 1 aromatic rings. The lowest BCUT2D eigenvalue weighted by Crippen LogP contribution is -2.30. The van der Waals surface area contributed by atoms with E-state index in [1.165, 1.54) is 44.6 Å². The molecule has 0 atom stereocenters. The van der Waals surface area contributed by atoms with E-state index in [2.05, 4.69) is 11.9 Å². The SMILES string of the molecule is CN(Cc1ccc(C(=O)O)o1)C1CCCCCC1. The van der Waals surface area contributed by atoms with E-state index in [1.807, 2.05) is 0 Å². The van der Waals surface area contributed by atoms with Crippen molar-refractivity contribution in [3.8, 4) is 0 Å². The van der Waals surface area contributed by atoms with E-state index in [-0.39, 0.29) is 5.76 Å². The van der Waals surface area contributed by atoms with Crippen molar-refractivity contribution in [2.24, 2.45) is 0 Å². The Labute approximate surface area is 108 Å². The third-order valence-electron chi connectivity index (χ3n) is 3.73. The molecule has 0 aromatic carbocycles. The molecule has 2 rings (SSSR count). The van der Waals surface area contributed by atoms with E-state index in [1.54, 1.807) is 6.07 Å². The quantitative estimate of drug-likeness (QED) is 0.835. The zero-order valence-electron chi connectivity index (χ0n) is 10.9. The lowest BCUT2D eigenvalue weighted by molar-refractivity contribution is 0.0657. The van der Waals surface area contributed by atoms with Crippen LogP contribution >= 0.6 is 0 Å². The Morgan fingerprint density at radius 3 is 2.56 bits per heavy atom. The second-order valence-corrected chi connectivity index (χ2v) is 5.13. The monoisotopic (exact) mass is 251 g/mol. The summed E-state index contributed by atoms with van der Waals surface area (Å²) in [6.45, 7) is 0.692. The Bertz CT molecular complexity index is 391. The summed E-state index contributed by atoms with van der Waals surface area (Å²) in [5, 5.41) is 8.81. The second kappa shape index (κ2) is 6.05. The van der Waals surface area contributed by atoms with Gasteiger partial charge in [0, 0.05) is 6.04 Å². The molecule has 4 heteroatoms. The van der Waals surface area contributed by atoms with Gasteiger partial charge in [-0.1, -0.05) is 25.7 Å². The molecule has 0 radical (unpaired) electrons. The molecule has 0 saturated heterocycles. The van der Waals surface area contributed by atoms with Crippen LogP contribution in [0, 0.1) is 0 Å². The standard InChI is InChI=1S/C14H21NO3/c1-15(11-6-4-2-3-5-7-11)10-12-8-9-13(18-12)14(16)17/h8-9,11H,2-7,10H2,1H3,(H,16,17). The lowest BCUT2D eigenvalue weighted by Gasteiger charge is -2.26. The molecular formula is C14H21NO3. The maximum Gasteiger partial charge on any atom is 0.371 e. The topological polar surface area (TPSA) is 53.7 Å². The molecule has 0 bridgehead atoms. The number of hydrogen-bond acceptors (Lipinski definition) is 3. The largest absolute Gasteiger partial charge is 0.475 e. The van der Waals surface area contributed by atoms with Gasteiger partial charge < -0.3 is 9.52 Å². The number of aromatic carboxylic acids is 1. The van der Waals surface area contributed by atoms with E-state index in [4.69, 9.17) is 9.52 Å². The molecule has 0 spiro atoms. The number of nitrogens with zero attached hydrogens (tertiary/aromatic N) is 1. The average molecular weight is 251 g/mol. The summed E-state index contributed by atoms with van der Waals surface area (Å²) in [5.74, 6) is -0.239. The van der Waals surface area contributed by atoms with Crippen LogP contribution in [0.1, 0.15) is 54.8 Å². The normalized spacial score (nSPS) is 17.9. The summed E-state index contributed by atoms with van der Waals surface area (Å²) in [7, 11) is 2.10. The maximum atomic E-state index is 10.7. The number of furan rings is 1. The van der Waals surface area contributed by atoms with Gasteiger partial charge in [-0.25, -0.2) is 4.79 Å². The summed E-state index contributed by atoms with van der Waals surface area (Å²) in [4.78, 5) is 13.0. The molecule has 1 aromatic heterocycles. The third-order valence-corrected chi connectivity index (χ3v) is 3.73. The van der Waals surface area contributed by atoms with Crippen LogP contribution in [0.15, 0.2) is 16.5 Å². The summed E-state index contributed by atoms with van der Waals surface area (Å²) < 4.78 is 5.30. The first kappa shape index (κ1) is 13.1. The Morgan fingerprint density at radius 2 is 2.00 bits per heavy atom. The molecule has 0 aliphatic heterocycles. The molecule has 100 valence electrons. The number of carboxylic acid groups (broad SMARTS) is 1. The Balaban J connectivity index is 1.92. The van der Waals surface area contributed by atoms with Gasteiger partial charge in [-0.15, -0.1) is 0 Å². The molecule has 0 amide bonds. The molecule has 4 nitrogen and oxygen atoms in total. The van der Waals surface area contributed by atoms with Gasteiger partial charge >= 0.3 is 5.97 Å². The van der Waals surface area contributed by atoms with Crippen LogP contribution in [0.3, 0.4) is 0 Å². The van der Waals surface area contributed by atoms with Crippen molar-refractivity contribution < 1.29 is 14.3 Å². The minimum absolute atomic E-state index is 0.0271. The fraction of sp³-hybridized carbons (Fsp3) is 0.643. The smallest absolute Gasteiger partial charge is 0.371 e. The molecule has 1 fully saturated rings. The lowest BCUT2D eigenvalue weighted by atomic mass is 10.1. The molecule has 1 heterocycles. The summed E-state index contributed by atoms with van der Waals surface area (Å²) in [6.07, 6.45) is 7.76. The van der Waals surface area contributed by atoms with E-state index in [9.17, 15) is 4.79 Å². The summed E-state index contributed by atoms with van der Waals surface area (Å²) in [5.41, 5.74) is 0. The van der Waals surface area contributed by atoms with Crippen molar-refractivity contribution in [1.82, 2.24) is 4.90 Å². The highest BCUT2D eigenvalue weighted by Gasteiger charge is 2.18. The first-order valence-corrected chi connectivity index (χ1v) is 6.69. The third kappa shape index (κ3) is 3.35. The molecule has 18 heavy (non-hydrogen) atoms. The molecule has 0 unspecified atom stereocenters. The van der Waals surface area contributed by atoms with Crippen LogP contribution in [0.25, 0.3) is 0 Å². The van der Waals surface area contributed by atoms with Gasteiger partial charge in [0.15, 0.2) is 0 Å². The minimum atomic E-state index is -1.00. The van der Waals surface area contributed by atoms with Crippen LogP contribution in [0.2, 0.25) is 0 Å². The van der Waals surface area contributed by atoms with Crippen molar-refractivity contribution in [3.63, 3.8) is 0 Å². The molecule has 1 N–H and O–H groups in total. The van der Waals surface area contributed by atoms with Crippen LogP contribution in [0.5, 0.6) is 0 Å². The zero-order chi connectivity index (χ0) is 13.0. The number of hydrogen-bond donors (Lipinski definition) is 1. The molecule has 1 saturated carbocycles. The summed E-state index contributed by atoms with van der Waals surface area (Å²) in [6, 6.07) is 3.89. The number of rotatable bonds is 4. The van der Waals surface area contributed by atoms with Gasteiger partial charge in [0.2, 0.25) is 5.76 Å². The molecular weight excluding hydrogens is 230 g/mol. The van der Waals surface area contributed by atoms with Gasteiger partial charge in [0.25, 0.3) is 0 Å². The van der Waals surface area contributed by atoms with Crippen LogP contribution in [-0.4, -0.2) is 29.1 Å². The van der Waals surface area contributed by atoms with Gasteiger partial charge in [-0.05, 0) is 32.0 Å². The highest BCUT2D eigenvalue weighted by atomic mass is 16.4.